The van der Waals surface area contributed by atoms with Crippen molar-refractivity contribution in [2.45, 2.75) is 53.0 Å². The molecule has 0 radical (unpaired) electrons. The maximum Gasteiger partial charge on any atom is 0.213 e. The van der Waals surface area contributed by atoms with Crippen LogP contribution in [0, 0.1) is 0 Å². The molecule has 1 aromatic heterocycles. The van der Waals surface area contributed by atoms with Crippen LogP contribution >= 0.6 is 0 Å². The molecule has 0 saturated heterocycles. The minimum absolute atomic E-state index is 0.0225. The molecule has 0 aliphatic heterocycles. The van der Waals surface area contributed by atoms with Crippen molar-refractivity contribution in [3.8, 4) is 5.88 Å². The Kier molecular flexibility index (Phi) is 6.21. The summed E-state index contributed by atoms with van der Waals surface area (Å²) < 4.78 is 5.77. The number of nitrogens with one attached hydrogen (secondary N) is 1. The van der Waals surface area contributed by atoms with Gasteiger partial charge in [-0.2, -0.15) is 0 Å². The van der Waals surface area contributed by atoms with E-state index in [9.17, 15) is 0 Å². The fourth-order valence-corrected chi connectivity index (χ4v) is 1.72. The highest BCUT2D eigenvalue weighted by molar-refractivity contribution is 5.28. The molecular formula is C17H28N2O. The van der Waals surface area contributed by atoms with E-state index in [0.717, 1.165) is 30.8 Å². The van der Waals surface area contributed by atoms with Gasteiger partial charge in [-0.1, -0.05) is 33.3 Å². The lowest BCUT2D eigenvalue weighted by Crippen LogP contribution is -2.17. The molecule has 3 heteroatoms. The van der Waals surface area contributed by atoms with E-state index < -0.39 is 0 Å². The molecular weight excluding hydrogens is 248 g/mol. The van der Waals surface area contributed by atoms with E-state index in [0.29, 0.717) is 12.5 Å². The van der Waals surface area contributed by atoms with E-state index in [4.69, 9.17) is 4.74 Å². The smallest absolute Gasteiger partial charge is 0.213 e. The van der Waals surface area contributed by atoms with Gasteiger partial charge in [-0.3, -0.25) is 0 Å². The second-order valence-corrected chi connectivity index (χ2v) is 6.28. The van der Waals surface area contributed by atoms with Gasteiger partial charge in [-0.25, -0.2) is 4.98 Å². The molecule has 0 unspecified atom stereocenters. The van der Waals surface area contributed by atoms with Crippen LogP contribution < -0.4 is 10.1 Å². The zero-order valence-electron chi connectivity index (χ0n) is 13.5. The van der Waals surface area contributed by atoms with Gasteiger partial charge in [0.1, 0.15) is 0 Å². The summed E-state index contributed by atoms with van der Waals surface area (Å²) in [6, 6.07) is 4.19. The maximum atomic E-state index is 5.77. The van der Waals surface area contributed by atoms with Gasteiger partial charge in [-0.15, -0.1) is 6.58 Å². The molecule has 0 saturated carbocycles. The van der Waals surface area contributed by atoms with Gasteiger partial charge in [0.25, 0.3) is 0 Å². The SMILES string of the molecule is C=C(C)CCOc1cc(CNCC)cc(C(C)(C)C)n1. The largest absolute Gasteiger partial charge is 0.477 e. The molecule has 1 rings (SSSR count). The molecule has 0 aliphatic carbocycles. The zero-order chi connectivity index (χ0) is 15.2. The number of hydrogen-bond donors (Lipinski definition) is 1. The Morgan fingerprint density at radius 1 is 1.35 bits per heavy atom. The first-order chi connectivity index (χ1) is 9.32. The van der Waals surface area contributed by atoms with Crippen LogP contribution in [0.25, 0.3) is 0 Å². The summed E-state index contributed by atoms with van der Waals surface area (Å²) in [6.07, 6.45) is 0.865. The van der Waals surface area contributed by atoms with Crippen LogP contribution in [0.15, 0.2) is 24.3 Å². The van der Waals surface area contributed by atoms with Crippen LogP contribution in [0.5, 0.6) is 5.88 Å². The topological polar surface area (TPSA) is 34.1 Å². The molecule has 0 atom stereocenters. The zero-order valence-corrected chi connectivity index (χ0v) is 13.5. The third-order valence-corrected chi connectivity index (χ3v) is 2.99. The normalized spacial score (nSPS) is 11.4. The number of pyridine rings is 1. The highest BCUT2D eigenvalue weighted by Crippen LogP contribution is 2.24. The van der Waals surface area contributed by atoms with Crippen molar-refractivity contribution >= 4 is 0 Å². The highest BCUT2D eigenvalue weighted by Gasteiger charge is 2.17. The summed E-state index contributed by atoms with van der Waals surface area (Å²) in [6.45, 7) is 17.0. The summed E-state index contributed by atoms with van der Waals surface area (Å²) in [5.41, 5.74) is 3.44. The predicted octanol–water partition coefficient (Wildman–Crippen LogP) is 3.83. The Balaban J connectivity index is 2.88. The van der Waals surface area contributed by atoms with Gasteiger partial charge in [0, 0.05) is 24.4 Å². The molecule has 0 aromatic carbocycles. The third kappa shape index (κ3) is 5.74. The van der Waals surface area contributed by atoms with Crippen LogP contribution in [0.2, 0.25) is 0 Å². The molecule has 1 N–H and O–H groups in total. The molecule has 112 valence electrons. The average Bonchev–Trinajstić information content (AvgIpc) is 2.34. The standard InChI is InChI=1S/C17H28N2O/c1-7-18-12-14-10-15(17(4,5)6)19-16(11-14)20-9-8-13(2)3/h10-11,18H,2,7-9,12H2,1,3-6H3. The first-order valence-corrected chi connectivity index (χ1v) is 7.32. The van der Waals surface area contributed by atoms with Crippen LogP contribution in [0.4, 0.5) is 0 Å². The van der Waals surface area contributed by atoms with E-state index in [2.05, 4.69) is 50.6 Å². The number of ether oxygens (including phenoxy) is 1. The lowest BCUT2D eigenvalue weighted by Gasteiger charge is -2.20. The van der Waals surface area contributed by atoms with Gasteiger partial charge in [0.05, 0.1) is 12.3 Å². The van der Waals surface area contributed by atoms with Gasteiger partial charge in [0.2, 0.25) is 5.88 Å². The summed E-state index contributed by atoms with van der Waals surface area (Å²) in [5, 5.41) is 3.35. The lowest BCUT2D eigenvalue weighted by atomic mass is 9.91. The van der Waals surface area contributed by atoms with Crippen molar-refractivity contribution in [2.24, 2.45) is 0 Å². The van der Waals surface area contributed by atoms with Crippen molar-refractivity contribution in [3.05, 3.63) is 35.5 Å². The fraction of sp³-hybridized carbons (Fsp3) is 0.588. The minimum atomic E-state index is 0.0225. The Hall–Kier alpha value is -1.35. The molecule has 1 heterocycles. The van der Waals surface area contributed by atoms with Gasteiger partial charge in [-0.05, 0) is 25.1 Å². The van der Waals surface area contributed by atoms with Gasteiger partial charge in [0.15, 0.2) is 0 Å². The van der Waals surface area contributed by atoms with E-state index in [1.54, 1.807) is 0 Å². The van der Waals surface area contributed by atoms with E-state index in [-0.39, 0.29) is 5.41 Å². The molecule has 20 heavy (non-hydrogen) atoms. The Morgan fingerprint density at radius 3 is 2.60 bits per heavy atom. The number of aromatic nitrogens is 1. The van der Waals surface area contributed by atoms with E-state index in [1.807, 2.05) is 13.0 Å². The summed E-state index contributed by atoms with van der Waals surface area (Å²) >= 11 is 0. The van der Waals surface area contributed by atoms with Crippen molar-refractivity contribution in [2.75, 3.05) is 13.2 Å². The number of hydrogen-bond acceptors (Lipinski definition) is 3. The molecule has 0 spiro atoms. The second kappa shape index (κ2) is 7.44. The molecule has 1 aromatic rings. The summed E-state index contributed by atoms with van der Waals surface area (Å²) in [7, 11) is 0. The monoisotopic (exact) mass is 276 g/mol. The van der Waals surface area contributed by atoms with Crippen LogP contribution in [0.3, 0.4) is 0 Å². The Bertz CT molecular complexity index is 447. The Morgan fingerprint density at radius 2 is 2.05 bits per heavy atom. The molecule has 3 nitrogen and oxygen atoms in total. The maximum absolute atomic E-state index is 5.77. The number of nitrogens with zero attached hydrogens (tertiary/aromatic N) is 1. The molecule has 0 amide bonds. The highest BCUT2D eigenvalue weighted by atomic mass is 16.5. The van der Waals surface area contributed by atoms with Crippen molar-refractivity contribution in [3.63, 3.8) is 0 Å². The van der Waals surface area contributed by atoms with Crippen LogP contribution in [0.1, 0.15) is 52.3 Å². The second-order valence-electron chi connectivity index (χ2n) is 6.28. The van der Waals surface area contributed by atoms with Crippen LogP contribution in [-0.2, 0) is 12.0 Å². The lowest BCUT2D eigenvalue weighted by molar-refractivity contribution is 0.306. The minimum Gasteiger partial charge on any atom is -0.477 e. The van der Waals surface area contributed by atoms with Crippen molar-refractivity contribution < 1.29 is 4.74 Å². The van der Waals surface area contributed by atoms with Gasteiger partial charge >= 0.3 is 0 Å². The fourth-order valence-electron chi connectivity index (χ4n) is 1.72. The van der Waals surface area contributed by atoms with E-state index >= 15 is 0 Å². The van der Waals surface area contributed by atoms with Gasteiger partial charge < -0.3 is 10.1 Å². The van der Waals surface area contributed by atoms with Crippen molar-refractivity contribution in [1.82, 2.24) is 10.3 Å². The average molecular weight is 276 g/mol. The molecule has 0 bridgehead atoms. The molecule has 0 fully saturated rings. The summed E-state index contributed by atoms with van der Waals surface area (Å²) in [4.78, 5) is 4.63. The molecule has 0 aliphatic rings. The first kappa shape index (κ1) is 16.7. The quantitative estimate of drug-likeness (QED) is 0.768. The van der Waals surface area contributed by atoms with E-state index in [1.165, 1.54) is 5.56 Å². The predicted molar refractivity (Wildman–Crippen MR) is 85.2 cm³/mol. The summed E-state index contributed by atoms with van der Waals surface area (Å²) in [5.74, 6) is 0.714. The van der Waals surface area contributed by atoms with Crippen molar-refractivity contribution in [1.29, 1.82) is 0 Å². The van der Waals surface area contributed by atoms with Crippen LogP contribution in [-0.4, -0.2) is 18.1 Å². The third-order valence-electron chi connectivity index (χ3n) is 2.99. The first-order valence-electron chi connectivity index (χ1n) is 7.32. The Labute approximate surface area is 123 Å². The number of rotatable bonds is 7.